The predicted molar refractivity (Wildman–Crippen MR) is 119 cm³/mol. The quantitative estimate of drug-likeness (QED) is 0.490. The summed E-state index contributed by atoms with van der Waals surface area (Å²) in [6.07, 6.45) is 1.07. The topological polar surface area (TPSA) is 45.7 Å². The fourth-order valence-corrected chi connectivity index (χ4v) is 3.82. The lowest BCUT2D eigenvalue weighted by Gasteiger charge is -2.21. The van der Waals surface area contributed by atoms with Gasteiger partial charge in [-0.3, -0.25) is 9.69 Å². The van der Waals surface area contributed by atoms with Crippen LogP contribution in [0.1, 0.15) is 12.8 Å². The summed E-state index contributed by atoms with van der Waals surface area (Å²) in [5.41, 5.74) is 0.701. The molecule has 0 aliphatic carbocycles. The van der Waals surface area contributed by atoms with Crippen molar-refractivity contribution < 1.29 is 13.9 Å². The zero-order valence-electron chi connectivity index (χ0n) is 16.5. The number of fused-ring (bicyclic) bond motifs is 1. The van der Waals surface area contributed by atoms with E-state index in [1.165, 1.54) is 23.5 Å². The van der Waals surface area contributed by atoms with E-state index in [-0.39, 0.29) is 30.6 Å². The number of rotatable bonds is 9. The third kappa shape index (κ3) is 6.66. The van der Waals surface area contributed by atoms with Crippen molar-refractivity contribution in [3.8, 4) is 5.75 Å². The molecule has 0 fully saturated rings. The number of hydrogen-bond donors (Lipinski definition) is 0. The van der Waals surface area contributed by atoms with Crippen molar-refractivity contribution in [1.29, 1.82) is 0 Å². The lowest BCUT2D eigenvalue weighted by molar-refractivity contribution is -0.119. The normalized spacial score (nSPS) is 10.8. The van der Waals surface area contributed by atoms with Gasteiger partial charge in [-0.05, 0) is 57.4 Å². The summed E-state index contributed by atoms with van der Waals surface area (Å²) in [5.74, 6) is 0.392. The Kier molecular flexibility index (Phi) is 8.82. The molecule has 5 nitrogen and oxygen atoms in total. The van der Waals surface area contributed by atoms with Gasteiger partial charge >= 0.3 is 0 Å². The molecule has 3 rings (SSSR count). The second-order valence-corrected chi connectivity index (χ2v) is 7.73. The van der Waals surface area contributed by atoms with Crippen molar-refractivity contribution in [3.63, 3.8) is 0 Å². The third-order valence-electron chi connectivity index (χ3n) is 4.19. The highest BCUT2D eigenvalue weighted by atomic mass is 35.5. The van der Waals surface area contributed by atoms with Crippen LogP contribution in [0.15, 0.2) is 48.5 Å². The van der Waals surface area contributed by atoms with E-state index in [9.17, 15) is 9.18 Å². The van der Waals surface area contributed by atoms with E-state index in [2.05, 4.69) is 9.88 Å². The van der Waals surface area contributed by atoms with Gasteiger partial charge in [0.25, 0.3) is 0 Å². The van der Waals surface area contributed by atoms with Crippen molar-refractivity contribution in [2.45, 2.75) is 12.8 Å². The second kappa shape index (κ2) is 11.1. The molecule has 8 heteroatoms. The summed E-state index contributed by atoms with van der Waals surface area (Å²) >= 11 is 1.34. The fraction of sp³-hybridized carbons (Fsp3) is 0.333. The smallest absolute Gasteiger partial charge is 0.232 e. The summed E-state index contributed by atoms with van der Waals surface area (Å²) in [4.78, 5) is 21.2. The number of benzene rings is 2. The van der Waals surface area contributed by atoms with Gasteiger partial charge in [-0.1, -0.05) is 29.5 Å². The molecule has 0 saturated carbocycles. The number of amides is 1. The molecule has 0 N–H and O–H groups in total. The molecule has 0 spiro atoms. The predicted octanol–water partition coefficient (Wildman–Crippen LogP) is 4.61. The van der Waals surface area contributed by atoms with Crippen LogP contribution in [0.2, 0.25) is 0 Å². The zero-order chi connectivity index (χ0) is 19.9. The highest BCUT2D eigenvalue weighted by Gasteiger charge is 2.20. The van der Waals surface area contributed by atoms with Gasteiger partial charge in [0.05, 0.1) is 23.2 Å². The average Bonchev–Trinajstić information content (AvgIpc) is 3.08. The van der Waals surface area contributed by atoms with Crippen LogP contribution >= 0.6 is 23.7 Å². The van der Waals surface area contributed by atoms with Crippen LogP contribution in [0.5, 0.6) is 5.75 Å². The van der Waals surface area contributed by atoms with E-state index < -0.39 is 0 Å². The second-order valence-electron chi connectivity index (χ2n) is 6.72. The first kappa shape index (κ1) is 23.1. The molecular weight excluding hydrogens is 413 g/mol. The van der Waals surface area contributed by atoms with Crippen LogP contribution in [-0.4, -0.2) is 49.6 Å². The van der Waals surface area contributed by atoms with Crippen LogP contribution in [0, 0.1) is 5.82 Å². The number of aromatic nitrogens is 1. The summed E-state index contributed by atoms with van der Waals surface area (Å²) < 4.78 is 19.9. The molecule has 0 bridgehead atoms. The van der Waals surface area contributed by atoms with E-state index in [1.807, 2.05) is 44.4 Å². The number of carbonyl (C=O) groups excluding carboxylic acids is 1. The molecule has 0 unspecified atom stereocenters. The minimum atomic E-state index is -0.301. The fourth-order valence-electron chi connectivity index (χ4n) is 2.78. The Balaban J connectivity index is 0.00000300. The van der Waals surface area contributed by atoms with Crippen LogP contribution < -0.4 is 9.64 Å². The lowest BCUT2D eigenvalue weighted by atomic mass is 10.3. The minimum Gasteiger partial charge on any atom is -0.493 e. The summed E-state index contributed by atoms with van der Waals surface area (Å²) in [6.45, 7) is 1.72. The molecule has 0 aliphatic rings. The number of anilines is 1. The molecular formula is C21H25ClFN3O2S. The molecule has 156 valence electrons. The molecule has 1 aromatic heterocycles. The van der Waals surface area contributed by atoms with Crippen molar-refractivity contribution in [2.24, 2.45) is 0 Å². The summed E-state index contributed by atoms with van der Waals surface area (Å²) in [7, 11) is 4.00. The van der Waals surface area contributed by atoms with Crippen LogP contribution in [0.25, 0.3) is 10.2 Å². The first-order valence-corrected chi connectivity index (χ1v) is 10.0. The monoisotopic (exact) mass is 437 g/mol. The Hall–Kier alpha value is -2.22. The molecule has 3 aromatic rings. The van der Waals surface area contributed by atoms with Crippen molar-refractivity contribution in [2.75, 3.05) is 38.7 Å². The standard InChI is InChI=1S/C21H24FN3O2S.ClH/c1-24(2)12-6-13-25(20(26)11-14-27-17-7-4-3-5-8-17)21-23-18-10-9-16(22)15-19(18)28-21;/h3-5,7-10,15H,6,11-14H2,1-2H3;1H. The largest absolute Gasteiger partial charge is 0.493 e. The number of hydrogen-bond acceptors (Lipinski definition) is 5. The van der Waals surface area contributed by atoms with E-state index in [1.54, 1.807) is 11.0 Å². The third-order valence-corrected chi connectivity index (χ3v) is 5.23. The molecule has 29 heavy (non-hydrogen) atoms. The van der Waals surface area contributed by atoms with E-state index in [0.717, 1.165) is 23.4 Å². The van der Waals surface area contributed by atoms with Crippen LogP contribution in [0.3, 0.4) is 0 Å². The Morgan fingerprint density at radius 3 is 2.62 bits per heavy atom. The Bertz CT molecular complexity index is 921. The average molecular weight is 438 g/mol. The van der Waals surface area contributed by atoms with Gasteiger partial charge in [0.2, 0.25) is 5.91 Å². The molecule has 0 radical (unpaired) electrons. The molecule has 0 atom stereocenters. The van der Waals surface area contributed by atoms with Crippen LogP contribution in [-0.2, 0) is 4.79 Å². The van der Waals surface area contributed by atoms with E-state index in [4.69, 9.17) is 4.74 Å². The molecule has 0 aliphatic heterocycles. The lowest BCUT2D eigenvalue weighted by Crippen LogP contribution is -2.34. The highest BCUT2D eigenvalue weighted by Crippen LogP contribution is 2.30. The number of ether oxygens (including phenoxy) is 1. The number of halogens is 2. The number of carbonyl (C=O) groups is 1. The first-order valence-electron chi connectivity index (χ1n) is 9.22. The van der Waals surface area contributed by atoms with Gasteiger partial charge < -0.3 is 9.64 Å². The maximum Gasteiger partial charge on any atom is 0.232 e. The van der Waals surface area contributed by atoms with Gasteiger partial charge in [-0.2, -0.15) is 0 Å². The first-order chi connectivity index (χ1) is 13.5. The highest BCUT2D eigenvalue weighted by molar-refractivity contribution is 7.22. The Morgan fingerprint density at radius 1 is 1.14 bits per heavy atom. The van der Waals surface area contributed by atoms with Gasteiger partial charge in [-0.15, -0.1) is 12.4 Å². The number of nitrogens with zero attached hydrogens (tertiary/aromatic N) is 3. The van der Waals surface area contributed by atoms with Crippen molar-refractivity contribution in [1.82, 2.24) is 9.88 Å². The molecule has 1 heterocycles. The molecule has 0 saturated heterocycles. The number of para-hydroxylation sites is 1. The van der Waals surface area contributed by atoms with Gasteiger partial charge in [0.15, 0.2) is 5.13 Å². The maximum atomic E-state index is 13.5. The van der Waals surface area contributed by atoms with Crippen molar-refractivity contribution >= 4 is 45.0 Å². The summed E-state index contributed by atoms with van der Waals surface area (Å²) in [6, 6.07) is 13.9. The van der Waals surface area contributed by atoms with Crippen molar-refractivity contribution in [3.05, 3.63) is 54.3 Å². The molecule has 1 amide bonds. The number of thiazole rings is 1. The zero-order valence-corrected chi connectivity index (χ0v) is 18.1. The summed E-state index contributed by atoms with van der Waals surface area (Å²) in [5, 5.41) is 0.601. The molecule has 2 aromatic carbocycles. The Morgan fingerprint density at radius 2 is 1.90 bits per heavy atom. The SMILES string of the molecule is CN(C)CCCN(C(=O)CCOc1ccccc1)c1nc2ccc(F)cc2s1.Cl. The van der Waals surface area contributed by atoms with E-state index in [0.29, 0.717) is 23.8 Å². The van der Waals surface area contributed by atoms with E-state index >= 15 is 0 Å². The van der Waals surface area contributed by atoms with Crippen LogP contribution in [0.4, 0.5) is 9.52 Å². The van der Waals surface area contributed by atoms with Gasteiger partial charge in [-0.25, -0.2) is 9.37 Å². The van der Waals surface area contributed by atoms with Gasteiger partial charge in [0, 0.05) is 6.54 Å². The maximum absolute atomic E-state index is 13.5. The minimum absolute atomic E-state index is 0. The Labute approximate surface area is 180 Å². The van der Waals surface area contributed by atoms with Gasteiger partial charge in [0.1, 0.15) is 11.6 Å².